The van der Waals surface area contributed by atoms with Crippen LogP contribution in [0, 0.1) is 3.57 Å². The van der Waals surface area contributed by atoms with Crippen LogP contribution in [0.5, 0.6) is 0 Å². The molecule has 1 aromatic carbocycles. The quantitative estimate of drug-likeness (QED) is 0.666. The lowest BCUT2D eigenvalue weighted by Crippen LogP contribution is -1.96. The molecule has 1 atom stereocenters. The van der Waals surface area contributed by atoms with Gasteiger partial charge in [0.25, 0.3) is 0 Å². The van der Waals surface area contributed by atoms with Crippen LogP contribution >= 0.6 is 22.6 Å². The van der Waals surface area contributed by atoms with Crippen LogP contribution in [0.1, 0.15) is 24.5 Å². The van der Waals surface area contributed by atoms with Crippen molar-refractivity contribution < 1.29 is 5.11 Å². The van der Waals surface area contributed by atoms with Crippen molar-refractivity contribution in [3.05, 3.63) is 46.1 Å². The van der Waals surface area contributed by atoms with Gasteiger partial charge in [0.2, 0.25) is 0 Å². The third-order valence-electron chi connectivity index (χ3n) is 1.90. The zero-order valence-electron chi connectivity index (χ0n) is 7.41. The number of halogens is 1. The van der Waals surface area contributed by atoms with E-state index < -0.39 is 0 Å². The number of rotatable bonds is 4. The molecule has 0 saturated heterocycles. The van der Waals surface area contributed by atoms with E-state index in [2.05, 4.69) is 29.2 Å². The number of aliphatic hydroxyl groups is 1. The fourth-order valence-electron chi connectivity index (χ4n) is 1.13. The van der Waals surface area contributed by atoms with Crippen LogP contribution in [0.2, 0.25) is 0 Å². The maximum absolute atomic E-state index is 9.69. The fraction of sp³-hybridized carbons (Fsp3) is 0.273. The van der Waals surface area contributed by atoms with Gasteiger partial charge in [0, 0.05) is 3.57 Å². The van der Waals surface area contributed by atoms with Crippen LogP contribution in [0.15, 0.2) is 36.9 Å². The highest BCUT2D eigenvalue weighted by Gasteiger charge is 2.04. The van der Waals surface area contributed by atoms with Crippen molar-refractivity contribution in [1.82, 2.24) is 0 Å². The van der Waals surface area contributed by atoms with Gasteiger partial charge in [-0.1, -0.05) is 18.2 Å². The van der Waals surface area contributed by atoms with Gasteiger partial charge in [0.15, 0.2) is 0 Å². The molecule has 0 bridgehead atoms. The van der Waals surface area contributed by atoms with Crippen molar-refractivity contribution in [3.8, 4) is 0 Å². The second kappa shape index (κ2) is 5.40. The number of hydrogen-bond donors (Lipinski definition) is 1. The summed E-state index contributed by atoms with van der Waals surface area (Å²) in [6, 6.07) is 7.95. The molecule has 0 aromatic heterocycles. The highest BCUT2D eigenvalue weighted by molar-refractivity contribution is 14.1. The summed E-state index contributed by atoms with van der Waals surface area (Å²) < 4.78 is 1.19. The van der Waals surface area contributed by atoms with Crippen molar-refractivity contribution in [1.29, 1.82) is 0 Å². The van der Waals surface area contributed by atoms with Gasteiger partial charge < -0.3 is 5.11 Å². The second-order valence-corrected chi connectivity index (χ2v) is 4.18. The average molecular weight is 288 g/mol. The van der Waals surface area contributed by atoms with Gasteiger partial charge in [-0.25, -0.2) is 0 Å². The van der Waals surface area contributed by atoms with E-state index in [9.17, 15) is 5.11 Å². The van der Waals surface area contributed by atoms with Gasteiger partial charge in [-0.15, -0.1) is 6.58 Å². The van der Waals surface area contributed by atoms with Crippen molar-refractivity contribution >= 4 is 22.6 Å². The van der Waals surface area contributed by atoms with Crippen LogP contribution in [-0.2, 0) is 0 Å². The molecule has 0 fully saturated rings. The largest absolute Gasteiger partial charge is 0.388 e. The molecule has 1 N–H and O–H groups in total. The summed E-state index contributed by atoms with van der Waals surface area (Å²) in [5.41, 5.74) is 0.988. The molecule has 0 radical (unpaired) electrons. The zero-order chi connectivity index (χ0) is 9.68. The Kier molecular flexibility index (Phi) is 4.45. The first-order valence-electron chi connectivity index (χ1n) is 4.28. The summed E-state index contributed by atoms with van der Waals surface area (Å²) in [7, 11) is 0. The SMILES string of the molecule is C=CCCC(O)c1ccc(I)cc1. The summed E-state index contributed by atoms with van der Waals surface area (Å²) in [5, 5.41) is 9.69. The number of hydrogen-bond acceptors (Lipinski definition) is 1. The first kappa shape index (κ1) is 10.7. The molecule has 1 aromatic rings. The molecule has 2 heteroatoms. The first-order chi connectivity index (χ1) is 6.24. The molecule has 1 nitrogen and oxygen atoms in total. The Bertz CT molecular complexity index is 266. The van der Waals surface area contributed by atoms with Crippen LogP contribution in [-0.4, -0.2) is 5.11 Å². The Balaban J connectivity index is 2.60. The summed E-state index contributed by atoms with van der Waals surface area (Å²) in [5.74, 6) is 0. The number of allylic oxidation sites excluding steroid dienone is 1. The maximum atomic E-state index is 9.69. The standard InChI is InChI=1S/C11H13IO/c1-2-3-4-11(13)9-5-7-10(12)8-6-9/h2,5-8,11,13H,1,3-4H2. The zero-order valence-corrected chi connectivity index (χ0v) is 9.57. The number of aliphatic hydroxyl groups excluding tert-OH is 1. The summed E-state index contributed by atoms with van der Waals surface area (Å²) in [4.78, 5) is 0. The average Bonchev–Trinajstić information content (AvgIpc) is 2.15. The monoisotopic (exact) mass is 288 g/mol. The van der Waals surface area contributed by atoms with Gasteiger partial charge in [-0.3, -0.25) is 0 Å². The topological polar surface area (TPSA) is 20.2 Å². The molecule has 0 aliphatic carbocycles. The van der Waals surface area contributed by atoms with Gasteiger partial charge >= 0.3 is 0 Å². The molecule has 0 spiro atoms. The van der Waals surface area contributed by atoms with Crippen molar-refractivity contribution in [2.24, 2.45) is 0 Å². The molecule has 0 heterocycles. The van der Waals surface area contributed by atoms with Gasteiger partial charge in [-0.05, 0) is 53.1 Å². The predicted octanol–water partition coefficient (Wildman–Crippen LogP) is 3.29. The molecule has 70 valence electrons. The van der Waals surface area contributed by atoms with E-state index in [-0.39, 0.29) is 6.10 Å². The highest BCUT2D eigenvalue weighted by Crippen LogP contribution is 2.19. The molecule has 0 amide bonds. The molecule has 0 saturated carbocycles. The molecule has 0 aliphatic rings. The van der Waals surface area contributed by atoms with E-state index in [0.717, 1.165) is 18.4 Å². The van der Waals surface area contributed by atoms with Crippen LogP contribution in [0.4, 0.5) is 0 Å². The highest BCUT2D eigenvalue weighted by atomic mass is 127. The Morgan fingerprint density at radius 3 is 2.54 bits per heavy atom. The molecule has 13 heavy (non-hydrogen) atoms. The third kappa shape index (κ3) is 3.48. The molecule has 0 aliphatic heterocycles. The van der Waals surface area contributed by atoms with Crippen LogP contribution in [0.25, 0.3) is 0 Å². The Morgan fingerprint density at radius 2 is 2.00 bits per heavy atom. The van der Waals surface area contributed by atoms with E-state index in [1.807, 2.05) is 30.3 Å². The summed E-state index contributed by atoms with van der Waals surface area (Å²) in [6.45, 7) is 3.63. The molecular formula is C11H13IO. The van der Waals surface area contributed by atoms with E-state index in [0.29, 0.717) is 0 Å². The number of benzene rings is 1. The Morgan fingerprint density at radius 1 is 1.38 bits per heavy atom. The minimum absolute atomic E-state index is 0.352. The van der Waals surface area contributed by atoms with Gasteiger partial charge in [-0.2, -0.15) is 0 Å². The molecule has 1 rings (SSSR count). The van der Waals surface area contributed by atoms with E-state index in [4.69, 9.17) is 0 Å². The lowest BCUT2D eigenvalue weighted by molar-refractivity contribution is 0.169. The van der Waals surface area contributed by atoms with Crippen molar-refractivity contribution in [3.63, 3.8) is 0 Å². The third-order valence-corrected chi connectivity index (χ3v) is 2.62. The van der Waals surface area contributed by atoms with E-state index in [1.165, 1.54) is 3.57 Å². The lowest BCUT2D eigenvalue weighted by Gasteiger charge is -2.09. The van der Waals surface area contributed by atoms with Crippen LogP contribution < -0.4 is 0 Å². The van der Waals surface area contributed by atoms with E-state index in [1.54, 1.807) is 0 Å². The minimum atomic E-state index is -0.352. The minimum Gasteiger partial charge on any atom is -0.388 e. The molecular weight excluding hydrogens is 275 g/mol. The normalized spacial score (nSPS) is 12.5. The lowest BCUT2D eigenvalue weighted by atomic mass is 10.1. The summed E-state index contributed by atoms with van der Waals surface area (Å²) >= 11 is 2.25. The Labute approximate surface area is 92.6 Å². The first-order valence-corrected chi connectivity index (χ1v) is 5.36. The van der Waals surface area contributed by atoms with Gasteiger partial charge in [0.1, 0.15) is 0 Å². The summed E-state index contributed by atoms with van der Waals surface area (Å²) in [6.07, 6.45) is 3.09. The molecule has 1 unspecified atom stereocenters. The smallest absolute Gasteiger partial charge is 0.0793 e. The van der Waals surface area contributed by atoms with Crippen LogP contribution in [0.3, 0.4) is 0 Å². The van der Waals surface area contributed by atoms with Crippen molar-refractivity contribution in [2.75, 3.05) is 0 Å². The maximum Gasteiger partial charge on any atom is 0.0793 e. The Hall–Kier alpha value is -0.350. The van der Waals surface area contributed by atoms with Gasteiger partial charge in [0.05, 0.1) is 6.10 Å². The second-order valence-electron chi connectivity index (χ2n) is 2.93. The predicted molar refractivity (Wildman–Crippen MR) is 63.5 cm³/mol. The van der Waals surface area contributed by atoms with Crippen molar-refractivity contribution in [2.45, 2.75) is 18.9 Å². The fourth-order valence-corrected chi connectivity index (χ4v) is 1.49. The van der Waals surface area contributed by atoms with E-state index >= 15 is 0 Å².